The summed E-state index contributed by atoms with van der Waals surface area (Å²) in [5.41, 5.74) is 0.976. The Kier molecular flexibility index (Phi) is 9.72. The zero-order valence-electron chi connectivity index (χ0n) is 19.1. The Morgan fingerprint density at radius 1 is 1.26 bits per heavy atom. The predicted molar refractivity (Wildman–Crippen MR) is 116 cm³/mol. The summed E-state index contributed by atoms with van der Waals surface area (Å²) in [4.78, 5) is 23.8. The van der Waals surface area contributed by atoms with Crippen LogP contribution in [0.25, 0.3) is 0 Å². The normalized spacial score (nSPS) is 30.5. The fraction of sp³-hybridized carbons (Fsp3) is 0.750. The molecule has 0 radical (unpaired) electrons. The number of ether oxygens (including phenoxy) is 2. The molecule has 0 aromatic rings. The largest absolute Gasteiger partial charge is 0.469 e. The minimum Gasteiger partial charge on any atom is -0.469 e. The Bertz CT molecular complexity index is 671. The molecule has 0 bridgehead atoms. The number of allylic oxidation sites excluding steroid dienone is 2. The maximum Gasteiger partial charge on any atom is 0.308 e. The number of rotatable bonds is 10. The molecule has 31 heavy (non-hydrogen) atoms. The van der Waals surface area contributed by atoms with E-state index < -0.39 is 30.4 Å². The van der Waals surface area contributed by atoms with Gasteiger partial charge < -0.3 is 24.8 Å². The van der Waals surface area contributed by atoms with Gasteiger partial charge in [-0.05, 0) is 43.1 Å². The molecule has 8 unspecified atom stereocenters. The Labute approximate surface area is 185 Å². The Morgan fingerprint density at radius 2 is 1.97 bits per heavy atom. The Hall–Kier alpha value is -1.70. The van der Waals surface area contributed by atoms with Gasteiger partial charge in [0.05, 0.1) is 37.8 Å². The van der Waals surface area contributed by atoms with E-state index in [2.05, 4.69) is 17.7 Å². The van der Waals surface area contributed by atoms with Crippen molar-refractivity contribution in [2.45, 2.75) is 83.7 Å². The molecular weight excluding hydrogens is 400 g/mol. The van der Waals surface area contributed by atoms with Gasteiger partial charge in [0, 0.05) is 12.3 Å². The fourth-order valence-electron chi connectivity index (χ4n) is 4.59. The molecule has 7 nitrogen and oxygen atoms in total. The second-order valence-corrected chi connectivity index (χ2v) is 9.06. The standard InChI is InChI=1S/C24H38O7/c1-5-14(2)24(29)31-21-12-18(26)10-16-7-6-15(3)20(23(16)21)9-8-17(25)11-19(27)13-22(28)30-4/h6-7,10,14-15,17-21,23,25-27H,5,8-9,11-13H2,1-4H3. The molecule has 0 aromatic heterocycles. The fourth-order valence-corrected chi connectivity index (χ4v) is 4.59. The molecule has 0 saturated heterocycles. The van der Waals surface area contributed by atoms with E-state index in [1.807, 2.05) is 26.0 Å². The summed E-state index contributed by atoms with van der Waals surface area (Å²) in [6.45, 7) is 5.89. The van der Waals surface area contributed by atoms with Crippen molar-refractivity contribution < 1.29 is 34.4 Å². The molecule has 0 spiro atoms. The van der Waals surface area contributed by atoms with Crippen molar-refractivity contribution in [2.24, 2.45) is 23.7 Å². The van der Waals surface area contributed by atoms with Gasteiger partial charge in [0.2, 0.25) is 0 Å². The topological polar surface area (TPSA) is 113 Å². The quantitative estimate of drug-likeness (QED) is 0.449. The van der Waals surface area contributed by atoms with E-state index in [0.717, 1.165) is 5.57 Å². The lowest BCUT2D eigenvalue weighted by atomic mass is 9.66. The van der Waals surface area contributed by atoms with E-state index in [-0.39, 0.29) is 42.5 Å². The maximum atomic E-state index is 12.5. The van der Waals surface area contributed by atoms with E-state index in [0.29, 0.717) is 25.7 Å². The number of hydrogen-bond donors (Lipinski definition) is 3. The average molecular weight is 439 g/mol. The molecule has 2 aliphatic rings. The molecule has 0 fully saturated rings. The summed E-state index contributed by atoms with van der Waals surface area (Å²) >= 11 is 0. The summed E-state index contributed by atoms with van der Waals surface area (Å²) in [5.74, 6) is -0.636. The second kappa shape index (κ2) is 11.8. The van der Waals surface area contributed by atoms with Crippen LogP contribution in [0.1, 0.15) is 59.3 Å². The molecule has 0 heterocycles. The van der Waals surface area contributed by atoms with Gasteiger partial charge in [-0.15, -0.1) is 0 Å². The summed E-state index contributed by atoms with van der Waals surface area (Å²) in [7, 11) is 1.26. The highest BCUT2D eigenvalue weighted by molar-refractivity contribution is 5.72. The third-order valence-electron chi connectivity index (χ3n) is 6.66. The maximum absolute atomic E-state index is 12.5. The van der Waals surface area contributed by atoms with Crippen molar-refractivity contribution in [2.75, 3.05) is 7.11 Å². The molecule has 176 valence electrons. The second-order valence-electron chi connectivity index (χ2n) is 9.06. The zero-order chi connectivity index (χ0) is 23.1. The number of hydrogen-bond acceptors (Lipinski definition) is 7. The lowest BCUT2D eigenvalue weighted by molar-refractivity contribution is -0.159. The third-order valence-corrected chi connectivity index (χ3v) is 6.66. The minimum atomic E-state index is -0.948. The van der Waals surface area contributed by atoms with Gasteiger partial charge in [-0.2, -0.15) is 0 Å². The van der Waals surface area contributed by atoms with E-state index >= 15 is 0 Å². The SMILES string of the molecule is CCC(C)C(=O)OC1CC(O)C=C2C=CC(C)C(CCC(O)CC(O)CC(=O)OC)C21. The van der Waals surface area contributed by atoms with E-state index in [1.165, 1.54) is 7.11 Å². The first-order valence-corrected chi connectivity index (χ1v) is 11.4. The van der Waals surface area contributed by atoms with Gasteiger partial charge in [0.1, 0.15) is 6.10 Å². The van der Waals surface area contributed by atoms with Crippen molar-refractivity contribution >= 4 is 11.9 Å². The van der Waals surface area contributed by atoms with Crippen LogP contribution in [0.4, 0.5) is 0 Å². The first kappa shape index (κ1) is 25.6. The molecular formula is C24H38O7. The van der Waals surface area contributed by atoms with Gasteiger partial charge in [-0.25, -0.2) is 0 Å². The lowest BCUT2D eigenvalue weighted by Crippen LogP contribution is -2.43. The highest BCUT2D eigenvalue weighted by Gasteiger charge is 2.42. The summed E-state index contributed by atoms with van der Waals surface area (Å²) in [6.07, 6.45) is 5.34. The Balaban J connectivity index is 2.06. The van der Waals surface area contributed by atoms with Crippen LogP contribution < -0.4 is 0 Å². The van der Waals surface area contributed by atoms with Gasteiger partial charge in [-0.3, -0.25) is 9.59 Å². The molecule has 2 aliphatic carbocycles. The van der Waals surface area contributed by atoms with E-state index in [4.69, 9.17) is 4.74 Å². The zero-order valence-corrected chi connectivity index (χ0v) is 19.1. The average Bonchev–Trinajstić information content (AvgIpc) is 2.72. The number of carbonyl (C=O) groups excluding carboxylic acids is 2. The van der Waals surface area contributed by atoms with E-state index in [1.54, 1.807) is 0 Å². The van der Waals surface area contributed by atoms with Gasteiger partial charge in [-0.1, -0.05) is 39.0 Å². The summed E-state index contributed by atoms with van der Waals surface area (Å²) in [6, 6.07) is 0. The van der Waals surface area contributed by atoms with Crippen LogP contribution in [0, 0.1) is 23.7 Å². The molecule has 0 amide bonds. The monoisotopic (exact) mass is 438 g/mol. The summed E-state index contributed by atoms with van der Waals surface area (Å²) in [5, 5.41) is 30.7. The third kappa shape index (κ3) is 7.16. The van der Waals surface area contributed by atoms with Crippen molar-refractivity contribution in [1.82, 2.24) is 0 Å². The van der Waals surface area contributed by atoms with Gasteiger partial charge in [0.15, 0.2) is 0 Å². The minimum absolute atomic E-state index is 0.0383. The Morgan fingerprint density at radius 3 is 2.61 bits per heavy atom. The van der Waals surface area contributed by atoms with Crippen LogP contribution in [-0.4, -0.2) is 58.8 Å². The number of esters is 2. The molecule has 0 aliphatic heterocycles. The van der Waals surface area contributed by atoms with Crippen LogP contribution in [-0.2, 0) is 19.1 Å². The predicted octanol–water partition coefficient (Wildman–Crippen LogP) is 2.53. The number of methoxy groups -OCH3 is 1. The van der Waals surface area contributed by atoms with Crippen LogP contribution in [0.2, 0.25) is 0 Å². The molecule has 7 heteroatoms. The molecule has 3 N–H and O–H groups in total. The first-order valence-electron chi connectivity index (χ1n) is 11.4. The van der Waals surface area contributed by atoms with Gasteiger partial charge >= 0.3 is 11.9 Å². The van der Waals surface area contributed by atoms with Crippen molar-refractivity contribution in [3.63, 3.8) is 0 Å². The number of aliphatic hydroxyl groups excluding tert-OH is 3. The van der Waals surface area contributed by atoms with Crippen LogP contribution in [0.3, 0.4) is 0 Å². The number of aliphatic hydroxyl groups is 3. The molecule has 0 saturated carbocycles. The van der Waals surface area contributed by atoms with Crippen LogP contribution >= 0.6 is 0 Å². The highest BCUT2D eigenvalue weighted by atomic mass is 16.5. The van der Waals surface area contributed by atoms with E-state index in [9.17, 15) is 24.9 Å². The molecule has 0 aromatic carbocycles. The van der Waals surface area contributed by atoms with Gasteiger partial charge in [0.25, 0.3) is 0 Å². The number of fused-ring (bicyclic) bond motifs is 1. The van der Waals surface area contributed by atoms with Crippen molar-refractivity contribution in [3.8, 4) is 0 Å². The summed E-state index contributed by atoms with van der Waals surface area (Å²) < 4.78 is 10.4. The van der Waals surface area contributed by atoms with Crippen molar-refractivity contribution in [3.05, 3.63) is 23.8 Å². The molecule has 8 atom stereocenters. The molecule has 2 rings (SSSR count). The number of carbonyl (C=O) groups is 2. The smallest absolute Gasteiger partial charge is 0.308 e. The lowest BCUT2D eigenvalue weighted by Gasteiger charge is -2.43. The van der Waals surface area contributed by atoms with Crippen LogP contribution in [0.15, 0.2) is 23.8 Å². The first-order chi connectivity index (χ1) is 14.7. The van der Waals surface area contributed by atoms with Crippen LogP contribution in [0.5, 0.6) is 0 Å². The van der Waals surface area contributed by atoms with Crippen molar-refractivity contribution in [1.29, 1.82) is 0 Å². The highest BCUT2D eigenvalue weighted by Crippen LogP contribution is 2.44.